The van der Waals surface area contributed by atoms with Crippen molar-refractivity contribution < 1.29 is 4.42 Å². The predicted molar refractivity (Wildman–Crippen MR) is 57.3 cm³/mol. The molecular weight excluding hydrogens is 192 g/mol. The van der Waals surface area contributed by atoms with Gasteiger partial charge in [0.05, 0.1) is 6.54 Å². The van der Waals surface area contributed by atoms with E-state index in [9.17, 15) is 0 Å². The van der Waals surface area contributed by atoms with Crippen LogP contribution in [-0.4, -0.2) is 16.7 Å². The van der Waals surface area contributed by atoms with E-state index in [0.29, 0.717) is 23.9 Å². The second-order valence-corrected chi connectivity index (χ2v) is 4.58. The molecule has 1 aliphatic rings. The highest BCUT2D eigenvalue weighted by Gasteiger charge is 2.28. The molecule has 1 heterocycles. The molecule has 0 amide bonds. The zero-order valence-electron chi connectivity index (χ0n) is 9.12. The molecule has 15 heavy (non-hydrogen) atoms. The van der Waals surface area contributed by atoms with Crippen LogP contribution in [0.5, 0.6) is 0 Å². The molecule has 1 aromatic rings. The molecule has 1 aromatic heterocycles. The molecule has 0 aliphatic heterocycles. The van der Waals surface area contributed by atoms with Gasteiger partial charge in [0.1, 0.15) is 0 Å². The molecule has 84 valence electrons. The van der Waals surface area contributed by atoms with Crippen LogP contribution >= 0.6 is 0 Å². The first kappa shape index (κ1) is 10.4. The predicted octanol–water partition coefficient (Wildman–Crippen LogP) is 1.52. The standard InChI is InChI=1S/C10H18N4O/c1-10(4-2-3-5-10)7-12-9-14-13-8(6-11)15-9/h2-7,11H2,1H3,(H,12,14). The van der Waals surface area contributed by atoms with Crippen LogP contribution in [0.1, 0.15) is 38.5 Å². The minimum absolute atomic E-state index is 0.298. The van der Waals surface area contributed by atoms with Crippen LogP contribution in [0.4, 0.5) is 6.01 Å². The lowest BCUT2D eigenvalue weighted by Crippen LogP contribution is -2.23. The molecule has 0 saturated heterocycles. The normalized spacial score (nSPS) is 19.3. The van der Waals surface area contributed by atoms with E-state index in [-0.39, 0.29) is 0 Å². The summed E-state index contributed by atoms with van der Waals surface area (Å²) in [6.07, 6.45) is 5.21. The molecule has 2 rings (SSSR count). The van der Waals surface area contributed by atoms with Crippen LogP contribution in [0, 0.1) is 5.41 Å². The fraction of sp³-hybridized carbons (Fsp3) is 0.800. The summed E-state index contributed by atoms with van der Waals surface area (Å²) in [5, 5.41) is 10.9. The average molecular weight is 210 g/mol. The molecule has 0 aromatic carbocycles. The first-order chi connectivity index (χ1) is 7.22. The molecule has 0 unspecified atom stereocenters. The summed E-state index contributed by atoms with van der Waals surface area (Å²) in [4.78, 5) is 0. The van der Waals surface area contributed by atoms with Crippen molar-refractivity contribution in [1.82, 2.24) is 10.2 Å². The number of nitrogens with two attached hydrogens (primary N) is 1. The Labute approximate surface area is 89.4 Å². The number of nitrogens with one attached hydrogen (secondary N) is 1. The zero-order valence-corrected chi connectivity index (χ0v) is 9.12. The van der Waals surface area contributed by atoms with Gasteiger partial charge in [0.15, 0.2) is 0 Å². The van der Waals surface area contributed by atoms with Crippen LogP contribution in [-0.2, 0) is 6.54 Å². The average Bonchev–Trinajstić information content (AvgIpc) is 2.84. The van der Waals surface area contributed by atoms with E-state index in [0.717, 1.165) is 6.54 Å². The first-order valence-corrected chi connectivity index (χ1v) is 5.48. The quantitative estimate of drug-likeness (QED) is 0.787. The van der Waals surface area contributed by atoms with Crippen molar-refractivity contribution in [3.05, 3.63) is 5.89 Å². The number of rotatable bonds is 4. The number of aromatic nitrogens is 2. The smallest absolute Gasteiger partial charge is 0.315 e. The Bertz CT molecular complexity index is 317. The van der Waals surface area contributed by atoms with E-state index in [1.54, 1.807) is 0 Å². The molecule has 0 atom stereocenters. The van der Waals surface area contributed by atoms with Crippen LogP contribution in [0.15, 0.2) is 4.42 Å². The third-order valence-corrected chi connectivity index (χ3v) is 3.12. The van der Waals surface area contributed by atoms with E-state index >= 15 is 0 Å². The molecule has 5 nitrogen and oxygen atoms in total. The largest absolute Gasteiger partial charge is 0.407 e. The van der Waals surface area contributed by atoms with Gasteiger partial charge in [0.2, 0.25) is 5.89 Å². The SMILES string of the molecule is CC1(CNc2nnc(CN)o2)CCCC1. The van der Waals surface area contributed by atoms with Gasteiger partial charge < -0.3 is 15.5 Å². The maximum absolute atomic E-state index is 5.38. The van der Waals surface area contributed by atoms with Gasteiger partial charge in [-0.2, -0.15) is 0 Å². The number of hydrogen-bond acceptors (Lipinski definition) is 5. The van der Waals surface area contributed by atoms with E-state index in [4.69, 9.17) is 10.2 Å². The van der Waals surface area contributed by atoms with Gasteiger partial charge >= 0.3 is 6.01 Å². The van der Waals surface area contributed by atoms with Crippen molar-refractivity contribution in [3.8, 4) is 0 Å². The lowest BCUT2D eigenvalue weighted by Gasteiger charge is -2.22. The van der Waals surface area contributed by atoms with Gasteiger partial charge in [-0.1, -0.05) is 24.9 Å². The highest BCUT2D eigenvalue weighted by atomic mass is 16.4. The molecule has 5 heteroatoms. The van der Waals surface area contributed by atoms with Gasteiger partial charge in [0, 0.05) is 6.54 Å². The van der Waals surface area contributed by atoms with Gasteiger partial charge in [-0.05, 0) is 18.3 Å². The summed E-state index contributed by atoms with van der Waals surface area (Å²) in [5.74, 6) is 0.481. The van der Waals surface area contributed by atoms with E-state index < -0.39 is 0 Å². The number of nitrogens with zero attached hydrogens (tertiary/aromatic N) is 2. The Morgan fingerprint density at radius 3 is 2.73 bits per heavy atom. The maximum atomic E-state index is 5.38. The second kappa shape index (κ2) is 4.18. The van der Waals surface area contributed by atoms with Gasteiger partial charge in [0.25, 0.3) is 0 Å². The third kappa shape index (κ3) is 2.47. The van der Waals surface area contributed by atoms with Crippen LogP contribution in [0.2, 0.25) is 0 Å². The first-order valence-electron chi connectivity index (χ1n) is 5.48. The van der Waals surface area contributed by atoms with Crippen molar-refractivity contribution in [2.45, 2.75) is 39.2 Å². The summed E-state index contributed by atoms with van der Waals surface area (Å²) in [7, 11) is 0. The second-order valence-electron chi connectivity index (χ2n) is 4.58. The molecule has 1 saturated carbocycles. The summed E-state index contributed by atoms with van der Waals surface area (Å²) in [5.41, 5.74) is 5.77. The van der Waals surface area contributed by atoms with Crippen molar-refractivity contribution in [2.24, 2.45) is 11.1 Å². The fourth-order valence-corrected chi connectivity index (χ4v) is 2.10. The summed E-state index contributed by atoms with van der Waals surface area (Å²) < 4.78 is 5.28. The Hall–Kier alpha value is -1.10. The molecule has 0 bridgehead atoms. The Morgan fingerprint density at radius 2 is 2.13 bits per heavy atom. The van der Waals surface area contributed by atoms with Crippen molar-refractivity contribution >= 4 is 6.01 Å². The monoisotopic (exact) mass is 210 g/mol. The molecule has 1 fully saturated rings. The Morgan fingerprint density at radius 1 is 1.40 bits per heavy atom. The zero-order chi connectivity index (χ0) is 10.7. The molecule has 1 aliphatic carbocycles. The van der Waals surface area contributed by atoms with Crippen molar-refractivity contribution in [2.75, 3.05) is 11.9 Å². The Kier molecular flexibility index (Phi) is 2.90. The summed E-state index contributed by atoms with van der Waals surface area (Å²) in [6, 6.07) is 0.489. The lowest BCUT2D eigenvalue weighted by atomic mass is 9.89. The lowest BCUT2D eigenvalue weighted by molar-refractivity contribution is 0.356. The maximum Gasteiger partial charge on any atom is 0.315 e. The molecular formula is C10H18N4O. The highest BCUT2D eigenvalue weighted by molar-refractivity contribution is 5.17. The summed E-state index contributed by atoms with van der Waals surface area (Å²) >= 11 is 0. The minimum Gasteiger partial charge on any atom is -0.407 e. The van der Waals surface area contributed by atoms with E-state index in [2.05, 4.69) is 22.4 Å². The minimum atomic E-state index is 0.298. The van der Waals surface area contributed by atoms with Gasteiger partial charge in [-0.25, -0.2) is 0 Å². The van der Waals surface area contributed by atoms with Crippen LogP contribution in [0.3, 0.4) is 0 Å². The highest BCUT2D eigenvalue weighted by Crippen LogP contribution is 2.37. The van der Waals surface area contributed by atoms with Crippen LogP contribution < -0.4 is 11.1 Å². The van der Waals surface area contributed by atoms with Gasteiger partial charge in [-0.15, -0.1) is 5.10 Å². The third-order valence-electron chi connectivity index (χ3n) is 3.12. The Balaban J connectivity index is 1.87. The van der Waals surface area contributed by atoms with E-state index in [1.807, 2.05) is 0 Å². The van der Waals surface area contributed by atoms with Crippen LogP contribution in [0.25, 0.3) is 0 Å². The number of hydrogen-bond donors (Lipinski definition) is 2. The van der Waals surface area contributed by atoms with E-state index in [1.165, 1.54) is 25.7 Å². The van der Waals surface area contributed by atoms with Crippen molar-refractivity contribution in [3.63, 3.8) is 0 Å². The summed E-state index contributed by atoms with van der Waals surface area (Å²) in [6.45, 7) is 3.50. The van der Waals surface area contributed by atoms with Gasteiger partial charge in [-0.3, -0.25) is 0 Å². The number of anilines is 1. The topological polar surface area (TPSA) is 77.0 Å². The fourth-order valence-electron chi connectivity index (χ4n) is 2.10. The molecule has 3 N–H and O–H groups in total. The van der Waals surface area contributed by atoms with Crippen molar-refractivity contribution in [1.29, 1.82) is 0 Å². The molecule has 0 radical (unpaired) electrons. The molecule has 0 spiro atoms.